The summed E-state index contributed by atoms with van der Waals surface area (Å²) in [4.78, 5) is 7.93. The lowest BCUT2D eigenvalue weighted by Gasteiger charge is -2.34. The Bertz CT molecular complexity index is 1150. The van der Waals surface area contributed by atoms with Crippen LogP contribution in [0.2, 0.25) is 5.02 Å². The Hall–Kier alpha value is -3.33. The molecule has 10 heteroatoms. The van der Waals surface area contributed by atoms with Crippen LogP contribution in [0.1, 0.15) is 31.1 Å². The Balaban J connectivity index is 1.47. The highest BCUT2D eigenvalue weighted by molar-refractivity contribution is 6.30. The number of tetrazole rings is 1. The number of hydrogen-bond donors (Lipinski definition) is 0. The normalized spacial score (nSPS) is 16.7. The SMILES string of the molecule is Cn1c(-c2cccnc2)nnc1N1CCCC[C@H]1c1nnn(-c2cccc(Cl)c2)n1. The van der Waals surface area contributed by atoms with Gasteiger partial charge in [-0.15, -0.1) is 25.2 Å². The van der Waals surface area contributed by atoms with Gasteiger partial charge >= 0.3 is 0 Å². The van der Waals surface area contributed by atoms with E-state index >= 15 is 0 Å². The second kappa shape index (κ2) is 7.83. The maximum Gasteiger partial charge on any atom is 0.227 e. The Labute approximate surface area is 178 Å². The number of aromatic nitrogens is 8. The maximum absolute atomic E-state index is 6.10. The van der Waals surface area contributed by atoms with Crippen LogP contribution in [-0.2, 0) is 7.05 Å². The third kappa shape index (κ3) is 3.41. The summed E-state index contributed by atoms with van der Waals surface area (Å²) in [5.41, 5.74) is 1.71. The van der Waals surface area contributed by atoms with Crippen LogP contribution >= 0.6 is 11.6 Å². The zero-order chi connectivity index (χ0) is 20.5. The van der Waals surface area contributed by atoms with Crippen LogP contribution in [0.3, 0.4) is 0 Å². The molecule has 0 spiro atoms. The molecule has 1 aliphatic rings. The van der Waals surface area contributed by atoms with Crippen LogP contribution in [-0.4, -0.2) is 46.5 Å². The molecule has 0 bridgehead atoms. The van der Waals surface area contributed by atoms with Gasteiger partial charge < -0.3 is 4.90 Å². The van der Waals surface area contributed by atoms with E-state index in [2.05, 4.69) is 35.5 Å². The molecule has 1 fully saturated rings. The van der Waals surface area contributed by atoms with E-state index in [4.69, 9.17) is 11.6 Å². The molecule has 30 heavy (non-hydrogen) atoms. The van der Waals surface area contributed by atoms with Crippen molar-refractivity contribution in [3.05, 3.63) is 59.6 Å². The van der Waals surface area contributed by atoms with Gasteiger partial charge in [0.1, 0.15) is 0 Å². The molecule has 0 saturated carbocycles. The van der Waals surface area contributed by atoms with E-state index < -0.39 is 0 Å². The minimum Gasteiger partial charge on any atom is -0.330 e. The van der Waals surface area contributed by atoms with Gasteiger partial charge in [0.25, 0.3) is 0 Å². The number of rotatable bonds is 4. The third-order valence-electron chi connectivity index (χ3n) is 5.30. The summed E-state index contributed by atoms with van der Waals surface area (Å²) in [6.07, 6.45) is 6.64. The Kier molecular flexibility index (Phi) is 4.88. The monoisotopic (exact) mass is 421 g/mol. The minimum atomic E-state index is -0.0173. The topological polar surface area (TPSA) is 90.4 Å². The number of halogens is 1. The van der Waals surface area contributed by atoms with Gasteiger partial charge in [-0.3, -0.25) is 9.55 Å². The Morgan fingerprint density at radius 1 is 1.07 bits per heavy atom. The van der Waals surface area contributed by atoms with Crippen molar-refractivity contribution in [1.29, 1.82) is 0 Å². The summed E-state index contributed by atoms with van der Waals surface area (Å²) in [6, 6.07) is 11.3. The van der Waals surface area contributed by atoms with Crippen LogP contribution < -0.4 is 4.90 Å². The van der Waals surface area contributed by atoms with E-state index in [1.54, 1.807) is 12.4 Å². The molecule has 0 amide bonds. The van der Waals surface area contributed by atoms with Crippen molar-refractivity contribution in [2.24, 2.45) is 7.05 Å². The third-order valence-corrected chi connectivity index (χ3v) is 5.53. The second-order valence-electron chi connectivity index (χ2n) is 7.25. The Morgan fingerprint density at radius 2 is 2.00 bits per heavy atom. The highest BCUT2D eigenvalue weighted by Gasteiger charge is 2.31. The fraction of sp³-hybridized carbons (Fsp3) is 0.300. The van der Waals surface area contributed by atoms with Crippen molar-refractivity contribution < 1.29 is 0 Å². The van der Waals surface area contributed by atoms with Crippen molar-refractivity contribution in [3.63, 3.8) is 0 Å². The second-order valence-corrected chi connectivity index (χ2v) is 7.68. The van der Waals surface area contributed by atoms with Crippen molar-refractivity contribution in [2.75, 3.05) is 11.4 Å². The highest BCUT2D eigenvalue weighted by atomic mass is 35.5. The summed E-state index contributed by atoms with van der Waals surface area (Å²) in [5.74, 6) is 2.23. The molecule has 152 valence electrons. The lowest BCUT2D eigenvalue weighted by Crippen LogP contribution is -2.36. The van der Waals surface area contributed by atoms with Gasteiger partial charge in [-0.2, -0.15) is 0 Å². The molecule has 0 radical (unpaired) electrons. The van der Waals surface area contributed by atoms with Gasteiger partial charge in [0.2, 0.25) is 5.95 Å². The van der Waals surface area contributed by atoms with Crippen molar-refractivity contribution >= 4 is 17.5 Å². The average molecular weight is 422 g/mol. The first kappa shape index (κ1) is 18.7. The van der Waals surface area contributed by atoms with Crippen LogP contribution in [0, 0.1) is 0 Å². The molecular weight excluding hydrogens is 402 g/mol. The van der Waals surface area contributed by atoms with Crippen LogP contribution in [0.15, 0.2) is 48.8 Å². The molecule has 4 aromatic rings. The number of hydrogen-bond acceptors (Lipinski definition) is 7. The van der Waals surface area contributed by atoms with Crippen molar-refractivity contribution in [2.45, 2.75) is 25.3 Å². The van der Waals surface area contributed by atoms with Crippen LogP contribution in [0.25, 0.3) is 17.1 Å². The average Bonchev–Trinajstić information content (AvgIpc) is 3.42. The fourth-order valence-electron chi connectivity index (χ4n) is 3.83. The van der Waals surface area contributed by atoms with E-state index in [9.17, 15) is 0 Å². The first-order valence-electron chi connectivity index (χ1n) is 9.83. The lowest BCUT2D eigenvalue weighted by atomic mass is 10.0. The first-order chi connectivity index (χ1) is 14.7. The summed E-state index contributed by atoms with van der Waals surface area (Å²) in [7, 11) is 1.97. The zero-order valence-electron chi connectivity index (χ0n) is 16.4. The number of nitrogens with zero attached hydrogens (tertiary/aromatic N) is 9. The standard InChI is InChI=1S/C20H20ClN9/c1-28-19(14-6-5-10-22-13-14)24-25-20(28)29-11-3-2-9-17(29)18-23-27-30(26-18)16-8-4-7-15(21)12-16/h4-8,10,12-13,17H,2-3,9,11H2,1H3/t17-/m0/s1. The van der Waals surface area contributed by atoms with E-state index in [1.165, 1.54) is 4.80 Å². The summed E-state index contributed by atoms with van der Waals surface area (Å²) < 4.78 is 2.00. The van der Waals surface area contributed by atoms with E-state index in [0.29, 0.717) is 10.8 Å². The molecular formula is C20H20ClN9. The summed E-state index contributed by atoms with van der Waals surface area (Å²) >= 11 is 6.10. The number of benzene rings is 1. The van der Waals surface area contributed by atoms with Crippen molar-refractivity contribution in [3.8, 4) is 17.1 Å². The molecule has 9 nitrogen and oxygen atoms in total. The smallest absolute Gasteiger partial charge is 0.227 e. The quantitative estimate of drug-likeness (QED) is 0.499. The van der Waals surface area contributed by atoms with Crippen molar-refractivity contribution in [1.82, 2.24) is 40.0 Å². The number of piperidine rings is 1. The molecule has 4 heterocycles. The maximum atomic E-state index is 6.10. The number of anilines is 1. The summed E-state index contributed by atoms with van der Waals surface area (Å²) in [5, 5.41) is 22.8. The minimum absolute atomic E-state index is 0.0173. The van der Waals surface area contributed by atoms with Gasteiger partial charge in [0, 0.05) is 36.6 Å². The van der Waals surface area contributed by atoms with Gasteiger partial charge in [-0.05, 0) is 54.8 Å². The molecule has 0 aliphatic carbocycles. The van der Waals surface area contributed by atoms with E-state index in [-0.39, 0.29) is 6.04 Å². The molecule has 0 N–H and O–H groups in total. The van der Waals surface area contributed by atoms with Gasteiger partial charge in [0.15, 0.2) is 11.6 Å². The molecule has 0 unspecified atom stereocenters. The Morgan fingerprint density at radius 3 is 2.83 bits per heavy atom. The van der Waals surface area contributed by atoms with Gasteiger partial charge in [-0.25, -0.2) is 0 Å². The van der Waals surface area contributed by atoms with Crippen LogP contribution in [0.4, 0.5) is 5.95 Å². The molecule has 3 aromatic heterocycles. The molecule has 1 aliphatic heterocycles. The molecule has 5 rings (SSSR count). The lowest BCUT2D eigenvalue weighted by molar-refractivity contribution is 0.445. The predicted molar refractivity (Wildman–Crippen MR) is 112 cm³/mol. The summed E-state index contributed by atoms with van der Waals surface area (Å²) in [6.45, 7) is 0.857. The molecule has 1 aromatic carbocycles. The number of pyridine rings is 1. The van der Waals surface area contributed by atoms with E-state index in [0.717, 1.165) is 48.8 Å². The largest absolute Gasteiger partial charge is 0.330 e. The van der Waals surface area contributed by atoms with Gasteiger partial charge in [0.05, 0.1) is 11.7 Å². The fourth-order valence-corrected chi connectivity index (χ4v) is 4.01. The van der Waals surface area contributed by atoms with Crippen LogP contribution in [0.5, 0.6) is 0 Å². The first-order valence-corrected chi connectivity index (χ1v) is 10.2. The van der Waals surface area contributed by atoms with E-state index in [1.807, 2.05) is 48.0 Å². The zero-order valence-corrected chi connectivity index (χ0v) is 17.2. The highest BCUT2D eigenvalue weighted by Crippen LogP contribution is 2.33. The predicted octanol–water partition coefficient (Wildman–Crippen LogP) is 3.24. The molecule has 1 saturated heterocycles. The molecule has 1 atom stereocenters. The van der Waals surface area contributed by atoms with Gasteiger partial charge in [-0.1, -0.05) is 17.7 Å².